The molecular formula is C18H25N5S. The summed E-state index contributed by atoms with van der Waals surface area (Å²) < 4.78 is 5.14. The monoisotopic (exact) mass is 343 g/mol. The number of hydrogen-bond donors (Lipinski definition) is 0. The van der Waals surface area contributed by atoms with Crippen molar-refractivity contribution in [2.45, 2.75) is 39.0 Å². The fraction of sp³-hybridized carbons (Fsp3) is 0.556. The van der Waals surface area contributed by atoms with E-state index in [0.717, 1.165) is 50.0 Å². The Hall–Kier alpha value is -1.50. The van der Waals surface area contributed by atoms with Gasteiger partial charge < -0.3 is 4.57 Å². The van der Waals surface area contributed by atoms with Crippen LogP contribution in [0.15, 0.2) is 30.3 Å². The second kappa shape index (κ2) is 6.78. The molecule has 1 aliphatic carbocycles. The van der Waals surface area contributed by atoms with Crippen molar-refractivity contribution in [2.24, 2.45) is 0 Å². The van der Waals surface area contributed by atoms with Crippen LogP contribution >= 0.6 is 12.2 Å². The number of aryl methyl sites for hydroxylation is 1. The molecule has 0 radical (unpaired) electrons. The van der Waals surface area contributed by atoms with E-state index in [4.69, 9.17) is 12.2 Å². The molecule has 128 valence electrons. The second-order valence-corrected chi connectivity index (χ2v) is 7.32. The van der Waals surface area contributed by atoms with Crippen molar-refractivity contribution in [3.8, 4) is 0 Å². The van der Waals surface area contributed by atoms with Gasteiger partial charge in [-0.2, -0.15) is 5.10 Å². The van der Waals surface area contributed by atoms with E-state index in [1.807, 2.05) is 4.68 Å². The highest BCUT2D eigenvalue weighted by Crippen LogP contribution is 2.35. The van der Waals surface area contributed by atoms with E-state index in [2.05, 4.69) is 56.7 Å². The van der Waals surface area contributed by atoms with Crippen molar-refractivity contribution in [1.82, 2.24) is 24.1 Å². The van der Waals surface area contributed by atoms with Crippen molar-refractivity contribution in [1.29, 1.82) is 0 Å². The van der Waals surface area contributed by atoms with Crippen LogP contribution in [0.1, 0.15) is 30.3 Å². The first-order chi connectivity index (χ1) is 11.7. The Bertz CT molecular complexity index is 739. The van der Waals surface area contributed by atoms with E-state index in [1.54, 1.807) is 0 Å². The van der Waals surface area contributed by atoms with Crippen molar-refractivity contribution >= 4 is 12.2 Å². The lowest BCUT2D eigenvalue weighted by atomic mass is 10.2. The van der Waals surface area contributed by atoms with E-state index in [1.165, 1.54) is 18.4 Å². The topological polar surface area (TPSA) is 29.2 Å². The molecule has 0 spiro atoms. The Morgan fingerprint density at radius 2 is 1.71 bits per heavy atom. The largest absolute Gasteiger partial charge is 0.301 e. The molecule has 2 aliphatic rings. The van der Waals surface area contributed by atoms with Gasteiger partial charge >= 0.3 is 0 Å². The maximum absolute atomic E-state index is 5.63. The van der Waals surface area contributed by atoms with Gasteiger partial charge in [0.25, 0.3) is 0 Å². The van der Waals surface area contributed by atoms with Crippen LogP contribution in [0, 0.1) is 11.7 Å². The van der Waals surface area contributed by atoms with E-state index in [-0.39, 0.29) is 0 Å². The third kappa shape index (κ3) is 3.45. The lowest BCUT2D eigenvalue weighted by Gasteiger charge is -2.34. The van der Waals surface area contributed by atoms with Crippen molar-refractivity contribution in [3.05, 3.63) is 46.5 Å². The highest BCUT2D eigenvalue weighted by molar-refractivity contribution is 7.71. The number of nitrogens with zero attached hydrogens (tertiary/aromatic N) is 5. The highest BCUT2D eigenvalue weighted by atomic mass is 32.1. The average Bonchev–Trinajstić information content (AvgIpc) is 3.38. The zero-order valence-electron chi connectivity index (χ0n) is 14.3. The van der Waals surface area contributed by atoms with Crippen molar-refractivity contribution in [3.63, 3.8) is 0 Å². The van der Waals surface area contributed by atoms with Gasteiger partial charge in [0.2, 0.25) is 0 Å². The summed E-state index contributed by atoms with van der Waals surface area (Å²) in [6, 6.07) is 11.3. The lowest BCUT2D eigenvalue weighted by Crippen LogP contribution is -2.46. The molecule has 2 aromatic rings. The van der Waals surface area contributed by atoms with Crippen LogP contribution in [0.4, 0.5) is 0 Å². The molecule has 2 fully saturated rings. The van der Waals surface area contributed by atoms with Gasteiger partial charge in [-0.25, -0.2) is 4.68 Å². The molecule has 0 N–H and O–H groups in total. The molecule has 1 saturated carbocycles. The maximum Gasteiger partial charge on any atom is 0.199 e. The van der Waals surface area contributed by atoms with Crippen LogP contribution in [0.25, 0.3) is 0 Å². The van der Waals surface area contributed by atoms with Crippen LogP contribution in [0.2, 0.25) is 0 Å². The van der Waals surface area contributed by atoms with Gasteiger partial charge in [0.05, 0.1) is 6.67 Å². The Labute approximate surface area is 148 Å². The third-order valence-corrected chi connectivity index (χ3v) is 5.41. The third-order valence-electron chi connectivity index (χ3n) is 5.00. The fourth-order valence-electron chi connectivity index (χ4n) is 3.49. The summed E-state index contributed by atoms with van der Waals surface area (Å²) in [6.45, 7) is 8.29. The van der Waals surface area contributed by atoms with Crippen LogP contribution in [0.3, 0.4) is 0 Å². The molecule has 2 heterocycles. The van der Waals surface area contributed by atoms with E-state index in [9.17, 15) is 0 Å². The van der Waals surface area contributed by atoms with E-state index >= 15 is 0 Å². The molecule has 24 heavy (non-hydrogen) atoms. The Balaban J connectivity index is 1.33. The zero-order valence-corrected chi connectivity index (χ0v) is 15.1. The molecule has 0 atom stereocenters. The molecule has 0 bridgehead atoms. The predicted molar refractivity (Wildman–Crippen MR) is 97.4 cm³/mol. The van der Waals surface area contributed by atoms with Crippen molar-refractivity contribution in [2.75, 3.05) is 26.2 Å². The van der Waals surface area contributed by atoms with Gasteiger partial charge in [-0.1, -0.05) is 30.3 Å². The van der Waals surface area contributed by atoms with Gasteiger partial charge in [-0.3, -0.25) is 9.80 Å². The molecule has 0 unspecified atom stereocenters. The fourth-order valence-corrected chi connectivity index (χ4v) is 3.87. The molecule has 1 aliphatic heterocycles. The first kappa shape index (κ1) is 16.0. The minimum atomic E-state index is 0.606. The number of aromatic nitrogens is 3. The first-order valence-corrected chi connectivity index (χ1v) is 9.26. The first-order valence-electron chi connectivity index (χ1n) is 8.85. The van der Waals surface area contributed by atoms with E-state index in [0.29, 0.717) is 6.04 Å². The average molecular weight is 344 g/mol. The minimum absolute atomic E-state index is 0.606. The molecule has 5 nitrogen and oxygen atoms in total. The standard InChI is InChI=1S/C18H25N5S/c1-15-19-22(18(24)23(15)17-7-8-17)14-21-11-9-20(10-12-21)13-16-5-3-2-4-6-16/h2-6,17H,7-14H2,1H3. The smallest absolute Gasteiger partial charge is 0.199 e. The van der Waals surface area contributed by atoms with E-state index < -0.39 is 0 Å². The molecule has 1 saturated heterocycles. The summed E-state index contributed by atoms with van der Waals surface area (Å²) in [5.74, 6) is 1.06. The van der Waals surface area contributed by atoms with Crippen LogP contribution in [0.5, 0.6) is 0 Å². The SMILES string of the molecule is Cc1nn(CN2CCN(Cc3ccccc3)CC2)c(=S)n1C1CC1. The molecule has 4 rings (SSSR count). The van der Waals surface area contributed by atoms with Gasteiger partial charge in [0.15, 0.2) is 4.77 Å². The summed E-state index contributed by atoms with van der Waals surface area (Å²) in [4.78, 5) is 4.99. The molecular weight excluding hydrogens is 318 g/mol. The lowest BCUT2D eigenvalue weighted by molar-refractivity contribution is 0.0979. The minimum Gasteiger partial charge on any atom is -0.301 e. The zero-order chi connectivity index (χ0) is 16.5. The number of hydrogen-bond acceptors (Lipinski definition) is 4. The van der Waals surface area contributed by atoms with Crippen LogP contribution in [-0.4, -0.2) is 50.3 Å². The van der Waals surface area contributed by atoms with Crippen molar-refractivity contribution < 1.29 is 0 Å². The molecule has 1 aromatic carbocycles. The number of rotatable bonds is 5. The Kier molecular flexibility index (Phi) is 4.52. The molecule has 1 aromatic heterocycles. The molecule has 6 heteroatoms. The van der Waals surface area contributed by atoms with Gasteiger partial charge in [0.1, 0.15) is 5.82 Å². The summed E-state index contributed by atoms with van der Waals surface area (Å²) >= 11 is 5.63. The summed E-state index contributed by atoms with van der Waals surface area (Å²) in [7, 11) is 0. The molecule has 0 amide bonds. The number of piperazine rings is 1. The number of benzene rings is 1. The summed E-state index contributed by atoms with van der Waals surface area (Å²) in [5.41, 5.74) is 1.40. The summed E-state index contributed by atoms with van der Waals surface area (Å²) in [5, 5.41) is 4.67. The quantitative estimate of drug-likeness (QED) is 0.781. The predicted octanol–water partition coefficient (Wildman–Crippen LogP) is 2.83. The maximum atomic E-state index is 5.63. The highest BCUT2D eigenvalue weighted by Gasteiger charge is 2.27. The van der Waals surface area contributed by atoms with Crippen LogP contribution in [-0.2, 0) is 13.2 Å². The summed E-state index contributed by atoms with van der Waals surface area (Å²) in [6.07, 6.45) is 2.50. The van der Waals surface area contributed by atoms with Gasteiger partial charge in [0, 0.05) is 38.8 Å². The normalized spacial score (nSPS) is 19.7. The van der Waals surface area contributed by atoms with Crippen LogP contribution < -0.4 is 0 Å². The van der Waals surface area contributed by atoms with Gasteiger partial charge in [-0.15, -0.1) is 0 Å². The Morgan fingerprint density at radius 1 is 1.04 bits per heavy atom. The second-order valence-electron chi connectivity index (χ2n) is 6.95. The van der Waals surface area contributed by atoms with Gasteiger partial charge in [-0.05, 0) is 37.5 Å². The Morgan fingerprint density at radius 3 is 2.38 bits per heavy atom.